The number of piperidine rings is 1. The first-order valence-corrected chi connectivity index (χ1v) is 19.4. The average molecular weight is 743 g/mol. The van der Waals surface area contributed by atoms with Crippen LogP contribution in [0.25, 0.3) is 5.57 Å². The van der Waals surface area contributed by atoms with Crippen molar-refractivity contribution in [1.82, 2.24) is 9.80 Å². The van der Waals surface area contributed by atoms with Gasteiger partial charge in [-0.1, -0.05) is 92.6 Å². The Morgan fingerprint density at radius 3 is 2.45 bits per heavy atom. The summed E-state index contributed by atoms with van der Waals surface area (Å²) in [5.74, 6) is 0.298. The lowest BCUT2D eigenvalue weighted by Gasteiger charge is -2.47. The Balaban J connectivity index is 1.29. The number of aliphatic carboxylic acids is 1. The highest BCUT2D eigenvalue weighted by atomic mass is 35.5. The van der Waals surface area contributed by atoms with E-state index in [0.717, 1.165) is 72.2 Å². The topological polar surface area (TPSA) is 91.7 Å². The monoisotopic (exact) mass is 742 g/mol. The summed E-state index contributed by atoms with van der Waals surface area (Å²) in [5, 5.41) is 20.5. The van der Waals surface area contributed by atoms with Crippen LogP contribution < -0.4 is 9.47 Å². The van der Waals surface area contributed by atoms with E-state index in [9.17, 15) is 15.0 Å². The predicted octanol–water partition coefficient (Wildman–Crippen LogP) is 8.25. The Hall–Kier alpha value is -3.66. The summed E-state index contributed by atoms with van der Waals surface area (Å²) in [6, 6.07) is 19.8. The fourth-order valence-electron chi connectivity index (χ4n) is 8.11. The number of hydrogen-bond acceptors (Lipinski definition) is 7. The molecule has 0 saturated carbocycles. The number of β-amino-alcohol motifs (C(OH)–C–C–N with tert-alkyl or cyclic N) is 1. The molecule has 0 aromatic heterocycles. The molecule has 9 heteroatoms. The number of carboxylic acids is 1. The van der Waals surface area contributed by atoms with Crippen molar-refractivity contribution in [2.45, 2.75) is 90.7 Å². The summed E-state index contributed by atoms with van der Waals surface area (Å²) in [6.45, 7) is 13.2. The molecule has 3 aromatic rings. The van der Waals surface area contributed by atoms with Crippen LogP contribution in [0.3, 0.4) is 0 Å². The molecule has 2 heterocycles. The molecule has 1 aliphatic carbocycles. The van der Waals surface area contributed by atoms with E-state index >= 15 is 0 Å². The van der Waals surface area contributed by atoms with E-state index in [1.165, 1.54) is 0 Å². The number of carbonyl (C=O) groups is 1. The average Bonchev–Trinajstić information content (AvgIpc) is 3.56. The molecule has 3 atom stereocenters. The van der Waals surface area contributed by atoms with Crippen molar-refractivity contribution in [3.63, 3.8) is 0 Å². The summed E-state index contributed by atoms with van der Waals surface area (Å²) < 4.78 is 20.2. The number of carboxylic acid groups (broad SMARTS) is 1. The third kappa shape index (κ3) is 9.01. The SMILES string of the molecule is Cc1cccc(C)c1COc1cc(OCC2(OCCCN3CC[C@@H](O)C3)C=CC=C(c3ccccc3)C2(C)C)c(Cl)cc1CN1CCCC[C@H]1C(=O)O. The second-order valence-corrected chi connectivity index (χ2v) is 15.8. The molecule has 0 radical (unpaired) electrons. The van der Waals surface area contributed by atoms with Crippen molar-refractivity contribution >= 4 is 23.1 Å². The number of allylic oxidation sites excluding steroid dienone is 2. The highest BCUT2D eigenvalue weighted by Gasteiger charge is 2.49. The van der Waals surface area contributed by atoms with Gasteiger partial charge >= 0.3 is 5.97 Å². The number of halogens is 1. The maximum Gasteiger partial charge on any atom is 0.320 e. The number of hydrogen-bond donors (Lipinski definition) is 2. The lowest BCUT2D eigenvalue weighted by atomic mass is 9.65. The minimum Gasteiger partial charge on any atom is -0.488 e. The van der Waals surface area contributed by atoms with E-state index in [1.807, 2.05) is 29.2 Å². The van der Waals surface area contributed by atoms with Gasteiger partial charge < -0.3 is 29.3 Å². The minimum absolute atomic E-state index is 0.200. The van der Waals surface area contributed by atoms with Crippen LogP contribution in [-0.2, 0) is 22.7 Å². The van der Waals surface area contributed by atoms with Gasteiger partial charge in [-0.3, -0.25) is 9.69 Å². The quantitative estimate of drug-likeness (QED) is 0.151. The fourth-order valence-corrected chi connectivity index (χ4v) is 8.35. The van der Waals surface area contributed by atoms with Gasteiger partial charge in [-0.25, -0.2) is 0 Å². The van der Waals surface area contributed by atoms with Crippen LogP contribution in [0.5, 0.6) is 11.5 Å². The van der Waals surface area contributed by atoms with Crippen LogP contribution in [-0.4, -0.2) is 83.1 Å². The van der Waals surface area contributed by atoms with Crippen molar-refractivity contribution in [3.8, 4) is 11.5 Å². The van der Waals surface area contributed by atoms with E-state index in [-0.39, 0.29) is 12.7 Å². The number of benzene rings is 3. The maximum atomic E-state index is 12.2. The van der Waals surface area contributed by atoms with Crippen molar-refractivity contribution in [2.75, 3.05) is 39.4 Å². The molecule has 3 aliphatic rings. The Morgan fingerprint density at radius 1 is 0.962 bits per heavy atom. The zero-order valence-corrected chi connectivity index (χ0v) is 32.4. The largest absolute Gasteiger partial charge is 0.488 e. The van der Waals surface area contributed by atoms with Gasteiger partial charge in [-0.15, -0.1) is 0 Å². The van der Waals surface area contributed by atoms with Gasteiger partial charge in [0, 0.05) is 49.8 Å². The lowest BCUT2D eigenvalue weighted by molar-refractivity contribution is -0.144. The van der Waals surface area contributed by atoms with E-state index < -0.39 is 23.0 Å². The first kappa shape index (κ1) is 39.0. The molecule has 8 nitrogen and oxygen atoms in total. The second kappa shape index (κ2) is 17.2. The summed E-state index contributed by atoms with van der Waals surface area (Å²) in [4.78, 5) is 16.5. The molecule has 0 bridgehead atoms. The van der Waals surface area contributed by atoms with Crippen LogP contribution in [0.15, 0.2) is 78.9 Å². The van der Waals surface area contributed by atoms with Crippen molar-refractivity contribution in [2.24, 2.45) is 5.41 Å². The molecule has 284 valence electrons. The first-order valence-electron chi connectivity index (χ1n) is 19.1. The molecule has 2 saturated heterocycles. The second-order valence-electron chi connectivity index (χ2n) is 15.4. The predicted molar refractivity (Wildman–Crippen MR) is 211 cm³/mol. The lowest BCUT2D eigenvalue weighted by Crippen LogP contribution is -2.52. The molecule has 3 aromatic carbocycles. The van der Waals surface area contributed by atoms with Crippen molar-refractivity contribution in [3.05, 3.63) is 112 Å². The molecule has 0 spiro atoms. The Bertz CT molecular complexity index is 1770. The molecule has 2 aliphatic heterocycles. The van der Waals surface area contributed by atoms with E-state index in [0.29, 0.717) is 55.8 Å². The summed E-state index contributed by atoms with van der Waals surface area (Å²) in [5.41, 5.74) is 5.19. The van der Waals surface area contributed by atoms with Gasteiger partial charge in [-0.2, -0.15) is 0 Å². The van der Waals surface area contributed by atoms with Crippen molar-refractivity contribution < 1.29 is 29.2 Å². The summed E-state index contributed by atoms with van der Waals surface area (Å²) in [7, 11) is 0. The Morgan fingerprint density at radius 2 is 1.74 bits per heavy atom. The molecule has 2 N–H and O–H groups in total. The molecule has 53 heavy (non-hydrogen) atoms. The highest BCUT2D eigenvalue weighted by molar-refractivity contribution is 6.32. The Labute approximate surface area is 320 Å². The molecular weight excluding hydrogens is 688 g/mol. The molecule has 6 rings (SSSR count). The number of aryl methyl sites for hydroxylation is 2. The van der Waals surface area contributed by atoms with Crippen LogP contribution in [0.1, 0.15) is 73.8 Å². The third-order valence-electron chi connectivity index (χ3n) is 11.5. The van der Waals surface area contributed by atoms with Crippen molar-refractivity contribution in [1.29, 1.82) is 0 Å². The molecule has 0 amide bonds. The first-order chi connectivity index (χ1) is 25.5. The number of nitrogens with zero attached hydrogens (tertiary/aromatic N) is 2. The zero-order valence-electron chi connectivity index (χ0n) is 31.7. The van der Waals surface area contributed by atoms with E-state index in [1.54, 1.807) is 0 Å². The fraction of sp³-hybridized carbons (Fsp3) is 0.477. The number of aliphatic hydroxyl groups excluding tert-OH is 1. The number of likely N-dealkylation sites (tertiary alicyclic amines) is 2. The highest BCUT2D eigenvalue weighted by Crippen LogP contribution is 2.49. The number of rotatable bonds is 15. The third-order valence-corrected chi connectivity index (χ3v) is 11.8. The van der Waals surface area contributed by atoms with Crippen LogP contribution in [0.4, 0.5) is 0 Å². The van der Waals surface area contributed by atoms with Gasteiger partial charge in [0.25, 0.3) is 0 Å². The van der Waals surface area contributed by atoms with E-state index in [4.69, 9.17) is 25.8 Å². The zero-order chi connectivity index (χ0) is 37.6. The summed E-state index contributed by atoms with van der Waals surface area (Å²) in [6.07, 6.45) is 10.2. The van der Waals surface area contributed by atoms with Crippen LogP contribution >= 0.6 is 11.6 Å². The smallest absolute Gasteiger partial charge is 0.320 e. The summed E-state index contributed by atoms with van der Waals surface area (Å²) >= 11 is 7.04. The number of ether oxygens (including phenoxy) is 3. The van der Waals surface area contributed by atoms with Crippen LogP contribution in [0, 0.1) is 19.3 Å². The van der Waals surface area contributed by atoms with Gasteiger partial charge in [0.05, 0.1) is 11.1 Å². The van der Waals surface area contributed by atoms with Gasteiger partial charge in [0.2, 0.25) is 0 Å². The van der Waals surface area contributed by atoms with Gasteiger partial charge in [0.15, 0.2) is 0 Å². The van der Waals surface area contributed by atoms with Gasteiger partial charge in [0.1, 0.15) is 36.4 Å². The maximum absolute atomic E-state index is 12.2. The minimum atomic E-state index is -0.832. The molecular formula is C44H55ClN2O6. The number of aliphatic hydroxyl groups is 1. The van der Waals surface area contributed by atoms with Gasteiger partial charge in [-0.05, 0) is 86.0 Å². The molecule has 2 fully saturated rings. The molecule has 1 unspecified atom stereocenters. The Kier molecular flexibility index (Phi) is 12.7. The standard InChI is InChI=1S/C44H55ClN2O6/c1-31-13-10-14-32(2)36(31)29-51-40-26-41(38(45)25-34(40)27-47-22-9-8-18-39(47)42(49)50)52-30-44(53-24-12-21-46-23-19-35(48)28-46)20-11-17-37(43(44,3)4)33-15-6-5-7-16-33/h5-7,10-11,13-17,20,25-26,35,39,48H,8-9,12,18-19,21-24,27-30H2,1-4H3,(H,49,50)/t35-,39+,44?/m1/s1. The van der Waals surface area contributed by atoms with E-state index in [2.05, 4.69) is 87.2 Å². The van der Waals surface area contributed by atoms with Crippen LogP contribution in [0.2, 0.25) is 5.02 Å². The normalized spacial score (nSPS) is 23.2.